The number of rotatable bonds is 1. The Labute approximate surface area is 59.5 Å². The minimum Gasteiger partial charge on any atom is -0.443 e. The summed E-state index contributed by atoms with van der Waals surface area (Å²) in [4.78, 5) is 10.4. The highest BCUT2D eigenvalue weighted by molar-refractivity contribution is 5.66. The molecule has 1 rings (SSSR count). The number of hydrogen-bond acceptors (Lipinski definition) is 3. The van der Waals surface area contributed by atoms with E-state index in [1.54, 1.807) is 0 Å². The molecule has 0 aromatic carbocycles. The van der Waals surface area contributed by atoms with Crippen molar-refractivity contribution in [2.24, 2.45) is 0 Å². The van der Waals surface area contributed by atoms with Gasteiger partial charge in [-0.05, 0) is 0 Å². The number of esters is 1. The van der Waals surface area contributed by atoms with Gasteiger partial charge in [0.15, 0.2) is 6.23 Å². The molecule has 0 spiro atoms. The molecule has 0 N–H and O–H groups in total. The van der Waals surface area contributed by atoms with E-state index in [0.29, 0.717) is 19.8 Å². The fraction of sp³-hybridized carbons (Fsp3) is 0.833. The van der Waals surface area contributed by atoms with Crippen LogP contribution in [0.3, 0.4) is 0 Å². The van der Waals surface area contributed by atoms with Gasteiger partial charge in [0.05, 0.1) is 13.2 Å². The van der Waals surface area contributed by atoms with Crippen LogP contribution < -0.4 is 5.32 Å². The third kappa shape index (κ3) is 2.33. The molecular formula is C6H10NO3. The van der Waals surface area contributed by atoms with E-state index in [-0.39, 0.29) is 12.2 Å². The summed E-state index contributed by atoms with van der Waals surface area (Å²) < 4.78 is 9.77. The molecule has 0 saturated carbocycles. The monoisotopic (exact) mass is 144 g/mol. The molecule has 0 aromatic heterocycles. The van der Waals surface area contributed by atoms with Crippen LogP contribution in [0, 0.1) is 0 Å². The molecule has 57 valence electrons. The van der Waals surface area contributed by atoms with Crippen LogP contribution in [0.5, 0.6) is 0 Å². The van der Waals surface area contributed by atoms with Crippen LogP contribution in [0.4, 0.5) is 0 Å². The standard InChI is InChI=1S/C6H10NO3/c1-5(8)10-6-4-9-3-2-7-6/h6H,2-4H2,1H3. The molecule has 1 aliphatic rings. The maximum Gasteiger partial charge on any atom is 0.304 e. The Kier molecular flexibility index (Phi) is 2.65. The Bertz CT molecular complexity index is 120. The highest BCUT2D eigenvalue weighted by Gasteiger charge is 2.15. The number of carbonyl (C=O) groups excluding carboxylic acids is 1. The van der Waals surface area contributed by atoms with Crippen LogP contribution in [-0.2, 0) is 14.3 Å². The molecule has 1 saturated heterocycles. The first-order valence-electron chi connectivity index (χ1n) is 3.20. The zero-order valence-corrected chi connectivity index (χ0v) is 5.87. The molecule has 4 heteroatoms. The van der Waals surface area contributed by atoms with Crippen LogP contribution in [0.15, 0.2) is 0 Å². The molecule has 1 radical (unpaired) electrons. The second kappa shape index (κ2) is 3.53. The van der Waals surface area contributed by atoms with Crippen LogP contribution in [-0.4, -0.2) is 32.0 Å². The molecular weight excluding hydrogens is 134 g/mol. The first kappa shape index (κ1) is 7.50. The van der Waals surface area contributed by atoms with Crippen molar-refractivity contribution in [1.82, 2.24) is 5.32 Å². The fourth-order valence-corrected chi connectivity index (χ4v) is 0.761. The van der Waals surface area contributed by atoms with Gasteiger partial charge < -0.3 is 9.47 Å². The van der Waals surface area contributed by atoms with Gasteiger partial charge in [-0.15, -0.1) is 0 Å². The molecule has 1 aliphatic heterocycles. The quantitative estimate of drug-likeness (QED) is 0.466. The first-order valence-corrected chi connectivity index (χ1v) is 3.20. The van der Waals surface area contributed by atoms with E-state index in [9.17, 15) is 4.79 Å². The third-order valence-electron chi connectivity index (χ3n) is 1.13. The van der Waals surface area contributed by atoms with Crippen molar-refractivity contribution in [1.29, 1.82) is 0 Å². The molecule has 1 heterocycles. The molecule has 0 amide bonds. The average Bonchev–Trinajstić information content (AvgIpc) is 1.88. The Balaban J connectivity index is 2.19. The lowest BCUT2D eigenvalue weighted by molar-refractivity contribution is -0.154. The van der Waals surface area contributed by atoms with Crippen molar-refractivity contribution in [3.63, 3.8) is 0 Å². The minimum atomic E-state index is -0.369. The number of hydrogen-bond donors (Lipinski definition) is 0. The average molecular weight is 144 g/mol. The van der Waals surface area contributed by atoms with E-state index in [0.717, 1.165) is 0 Å². The van der Waals surface area contributed by atoms with E-state index in [1.165, 1.54) is 6.92 Å². The van der Waals surface area contributed by atoms with Crippen LogP contribution in [0.25, 0.3) is 0 Å². The summed E-state index contributed by atoms with van der Waals surface area (Å²) in [5.41, 5.74) is 0. The molecule has 1 fully saturated rings. The van der Waals surface area contributed by atoms with E-state index < -0.39 is 0 Å². The van der Waals surface area contributed by atoms with Gasteiger partial charge in [0.25, 0.3) is 0 Å². The maximum absolute atomic E-state index is 10.4. The van der Waals surface area contributed by atoms with E-state index in [4.69, 9.17) is 9.47 Å². The van der Waals surface area contributed by atoms with E-state index in [2.05, 4.69) is 5.32 Å². The zero-order chi connectivity index (χ0) is 7.40. The minimum absolute atomic E-state index is 0.306. The van der Waals surface area contributed by atoms with Gasteiger partial charge in [0.1, 0.15) is 0 Å². The van der Waals surface area contributed by atoms with Crippen molar-refractivity contribution >= 4 is 5.97 Å². The van der Waals surface area contributed by atoms with Crippen molar-refractivity contribution in [3.05, 3.63) is 0 Å². The summed E-state index contributed by atoms with van der Waals surface area (Å²) in [5, 5.41) is 4.00. The number of ether oxygens (including phenoxy) is 2. The predicted molar refractivity (Wildman–Crippen MR) is 33.4 cm³/mol. The summed E-state index contributed by atoms with van der Waals surface area (Å²) in [6, 6.07) is 0. The van der Waals surface area contributed by atoms with Gasteiger partial charge in [-0.25, -0.2) is 0 Å². The van der Waals surface area contributed by atoms with Crippen LogP contribution in [0.1, 0.15) is 6.92 Å². The predicted octanol–water partition coefficient (Wildman–Crippen LogP) is -0.490. The van der Waals surface area contributed by atoms with Crippen molar-refractivity contribution in [2.75, 3.05) is 19.8 Å². The van der Waals surface area contributed by atoms with Gasteiger partial charge in [-0.3, -0.25) is 4.79 Å². The Hall–Kier alpha value is -0.610. The molecule has 0 bridgehead atoms. The first-order chi connectivity index (χ1) is 4.79. The smallest absolute Gasteiger partial charge is 0.304 e. The molecule has 0 aromatic rings. The summed E-state index contributed by atoms with van der Waals surface area (Å²) in [5.74, 6) is -0.306. The summed E-state index contributed by atoms with van der Waals surface area (Å²) in [6.45, 7) is 3.03. The summed E-state index contributed by atoms with van der Waals surface area (Å²) in [6.07, 6.45) is -0.369. The van der Waals surface area contributed by atoms with Gasteiger partial charge in [0, 0.05) is 13.5 Å². The fourth-order valence-electron chi connectivity index (χ4n) is 0.761. The molecule has 0 aliphatic carbocycles. The second-order valence-electron chi connectivity index (χ2n) is 2.05. The number of nitrogens with zero attached hydrogens (tertiary/aromatic N) is 1. The largest absolute Gasteiger partial charge is 0.443 e. The van der Waals surface area contributed by atoms with Gasteiger partial charge in [-0.1, -0.05) is 0 Å². The molecule has 1 atom stereocenters. The van der Waals surface area contributed by atoms with Crippen molar-refractivity contribution < 1.29 is 14.3 Å². The van der Waals surface area contributed by atoms with Gasteiger partial charge in [-0.2, -0.15) is 5.32 Å². The van der Waals surface area contributed by atoms with Gasteiger partial charge >= 0.3 is 5.97 Å². The van der Waals surface area contributed by atoms with Crippen LogP contribution >= 0.6 is 0 Å². The zero-order valence-electron chi connectivity index (χ0n) is 5.87. The normalized spacial score (nSPS) is 25.9. The summed E-state index contributed by atoms with van der Waals surface area (Å²) in [7, 11) is 0. The molecule has 4 nitrogen and oxygen atoms in total. The summed E-state index contributed by atoms with van der Waals surface area (Å²) >= 11 is 0. The lowest BCUT2D eigenvalue weighted by atomic mass is 10.5. The van der Waals surface area contributed by atoms with E-state index >= 15 is 0 Å². The second-order valence-corrected chi connectivity index (χ2v) is 2.05. The third-order valence-corrected chi connectivity index (χ3v) is 1.13. The Morgan fingerprint density at radius 3 is 3.10 bits per heavy atom. The Morgan fingerprint density at radius 1 is 1.80 bits per heavy atom. The Morgan fingerprint density at radius 2 is 2.60 bits per heavy atom. The maximum atomic E-state index is 10.4. The van der Waals surface area contributed by atoms with Crippen molar-refractivity contribution in [2.45, 2.75) is 13.2 Å². The van der Waals surface area contributed by atoms with Crippen molar-refractivity contribution in [3.8, 4) is 0 Å². The van der Waals surface area contributed by atoms with Crippen LogP contribution in [0.2, 0.25) is 0 Å². The number of carbonyl (C=O) groups is 1. The highest BCUT2D eigenvalue weighted by atomic mass is 16.6. The lowest BCUT2D eigenvalue weighted by Gasteiger charge is -2.20. The van der Waals surface area contributed by atoms with Gasteiger partial charge in [0.2, 0.25) is 0 Å². The number of morpholine rings is 1. The lowest BCUT2D eigenvalue weighted by Crippen LogP contribution is -2.38. The SMILES string of the molecule is CC(=O)OC1COCC[N]1. The highest BCUT2D eigenvalue weighted by Crippen LogP contribution is 1.96. The molecule has 10 heavy (non-hydrogen) atoms. The molecule has 1 unspecified atom stereocenters. The topological polar surface area (TPSA) is 49.6 Å². The van der Waals surface area contributed by atoms with E-state index in [1.807, 2.05) is 0 Å².